The van der Waals surface area contributed by atoms with Crippen molar-refractivity contribution in [1.82, 2.24) is 9.97 Å². The van der Waals surface area contributed by atoms with E-state index in [1.165, 1.54) is 12.4 Å². The molecule has 6 heteroatoms. The maximum absolute atomic E-state index is 12.6. The molecule has 0 fully saturated rings. The van der Waals surface area contributed by atoms with Gasteiger partial charge in [-0.05, 0) is 51.0 Å². The van der Waals surface area contributed by atoms with Gasteiger partial charge in [-0.2, -0.15) is 0 Å². The molecule has 1 heterocycles. The van der Waals surface area contributed by atoms with Crippen molar-refractivity contribution >= 4 is 23.1 Å². The van der Waals surface area contributed by atoms with E-state index in [0.29, 0.717) is 12.4 Å². The minimum absolute atomic E-state index is 0.253. The molecule has 1 amide bonds. The number of nitrogens with one attached hydrogen (secondary N) is 2. The molecule has 144 valence electrons. The second kappa shape index (κ2) is 8.52. The smallest absolute Gasteiger partial charge is 0.275 e. The van der Waals surface area contributed by atoms with Crippen LogP contribution in [0.2, 0.25) is 0 Å². The van der Waals surface area contributed by atoms with Crippen molar-refractivity contribution in [2.75, 3.05) is 17.2 Å². The minimum atomic E-state index is -0.288. The average Bonchev–Trinajstić information content (AvgIpc) is 2.67. The Balaban J connectivity index is 1.73. The Morgan fingerprint density at radius 3 is 2.39 bits per heavy atom. The highest BCUT2D eigenvalue weighted by Gasteiger charge is 2.12. The van der Waals surface area contributed by atoms with Crippen molar-refractivity contribution in [1.29, 1.82) is 0 Å². The lowest BCUT2D eigenvalue weighted by atomic mass is 10.1. The molecule has 3 aromatic rings. The topological polar surface area (TPSA) is 76.1 Å². The summed E-state index contributed by atoms with van der Waals surface area (Å²) >= 11 is 0. The van der Waals surface area contributed by atoms with E-state index in [-0.39, 0.29) is 11.6 Å². The van der Waals surface area contributed by atoms with Gasteiger partial charge in [-0.25, -0.2) is 9.97 Å². The quantitative estimate of drug-likeness (QED) is 0.646. The van der Waals surface area contributed by atoms with Crippen molar-refractivity contribution in [3.63, 3.8) is 0 Å². The number of nitrogens with zero attached hydrogens (tertiary/aromatic N) is 2. The Hall–Kier alpha value is -3.41. The van der Waals surface area contributed by atoms with E-state index < -0.39 is 0 Å². The summed E-state index contributed by atoms with van der Waals surface area (Å²) in [4.78, 5) is 21.1. The first-order valence-electron chi connectivity index (χ1n) is 9.18. The number of carbonyl (C=O) groups is 1. The van der Waals surface area contributed by atoms with Crippen molar-refractivity contribution in [2.45, 2.75) is 27.7 Å². The molecule has 0 radical (unpaired) electrons. The third kappa shape index (κ3) is 4.46. The Bertz CT molecular complexity index is 961. The van der Waals surface area contributed by atoms with Crippen molar-refractivity contribution in [2.24, 2.45) is 0 Å². The SMILES string of the molecule is CCOc1ccccc1Nc1cnc(C(=O)Nc2c(C)cc(C)cc2C)cn1. The Kier molecular flexibility index (Phi) is 5.89. The fourth-order valence-corrected chi connectivity index (χ4v) is 3.05. The van der Waals surface area contributed by atoms with Gasteiger partial charge in [0.15, 0.2) is 0 Å². The van der Waals surface area contributed by atoms with Gasteiger partial charge in [0.1, 0.15) is 17.3 Å². The lowest BCUT2D eigenvalue weighted by Crippen LogP contribution is -2.16. The predicted molar refractivity (Wildman–Crippen MR) is 112 cm³/mol. The average molecular weight is 376 g/mol. The molecular weight excluding hydrogens is 352 g/mol. The highest BCUT2D eigenvalue weighted by atomic mass is 16.5. The molecule has 0 unspecified atom stereocenters. The molecule has 0 spiro atoms. The summed E-state index contributed by atoms with van der Waals surface area (Å²) in [5.74, 6) is 0.981. The van der Waals surface area contributed by atoms with Gasteiger partial charge in [-0.15, -0.1) is 0 Å². The number of amides is 1. The largest absolute Gasteiger partial charge is 0.492 e. The van der Waals surface area contributed by atoms with Gasteiger partial charge in [0.2, 0.25) is 0 Å². The van der Waals surface area contributed by atoms with Crippen molar-refractivity contribution < 1.29 is 9.53 Å². The van der Waals surface area contributed by atoms with E-state index in [2.05, 4.69) is 20.6 Å². The summed E-state index contributed by atoms with van der Waals surface area (Å²) < 4.78 is 5.59. The summed E-state index contributed by atoms with van der Waals surface area (Å²) in [6, 6.07) is 11.7. The fourth-order valence-electron chi connectivity index (χ4n) is 3.05. The fraction of sp³-hybridized carbons (Fsp3) is 0.227. The third-order valence-corrected chi connectivity index (χ3v) is 4.25. The molecule has 0 saturated carbocycles. The number of benzene rings is 2. The lowest BCUT2D eigenvalue weighted by Gasteiger charge is -2.13. The first-order valence-corrected chi connectivity index (χ1v) is 9.18. The number of aryl methyl sites for hydroxylation is 3. The van der Waals surface area contributed by atoms with Crippen LogP contribution in [0.5, 0.6) is 5.75 Å². The first-order chi connectivity index (χ1) is 13.5. The molecule has 1 aromatic heterocycles. The zero-order valence-electron chi connectivity index (χ0n) is 16.5. The molecule has 0 bridgehead atoms. The van der Waals surface area contributed by atoms with Crippen LogP contribution in [0, 0.1) is 20.8 Å². The van der Waals surface area contributed by atoms with E-state index in [1.54, 1.807) is 0 Å². The second-order valence-corrected chi connectivity index (χ2v) is 6.57. The van der Waals surface area contributed by atoms with Crippen LogP contribution in [0.3, 0.4) is 0 Å². The Labute approximate surface area is 165 Å². The summed E-state index contributed by atoms with van der Waals surface area (Å²) in [5, 5.41) is 6.10. The maximum atomic E-state index is 12.6. The molecule has 2 N–H and O–H groups in total. The van der Waals surface area contributed by atoms with Gasteiger partial charge in [-0.1, -0.05) is 29.8 Å². The van der Waals surface area contributed by atoms with Crippen LogP contribution < -0.4 is 15.4 Å². The minimum Gasteiger partial charge on any atom is -0.492 e. The van der Waals surface area contributed by atoms with Crippen LogP contribution in [0.25, 0.3) is 0 Å². The van der Waals surface area contributed by atoms with Gasteiger partial charge < -0.3 is 15.4 Å². The van der Waals surface area contributed by atoms with Crippen LogP contribution in [0.4, 0.5) is 17.2 Å². The van der Waals surface area contributed by atoms with E-state index in [4.69, 9.17) is 4.74 Å². The molecule has 0 aliphatic heterocycles. The highest BCUT2D eigenvalue weighted by Crippen LogP contribution is 2.26. The molecule has 6 nitrogen and oxygen atoms in total. The number of hydrogen-bond donors (Lipinski definition) is 2. The van der Waals surface area contributed by atoms with Crippen molar-refractivity contribution in [3.05, 3.63) is 71.2 Å². The van der Waals surface area contributed by atoms with Gasteiger partial charge in [-0.3, -0.25) is 4.79 Å². The molecule has 0 aliphatic carbocycles. The van der Waals surface area contributed by atoms with Crippen LogP contribution in [-0.4, -0.2) is 22.5 Å². The van der Waals surface area contributed by atoms with Crippen LogP contribution in [-0.2, 0) is 0 Å². The standard InChI is InChI=1S/C22H24N4O2/c1-5-28-19-9-7-6-8-17(19)25-20-13-23-18(12-24-20)22(27)26-21-15(3)10-14(2)11-16(21)4/h6-13H,5H2,1-4H3,(H,24,25)(H,26,27). The van der Waals surface area contributed by atoms with E-state index in [1.807, 2.05) is 64.1 Å². The second-order valence-electron chi connectivity index (χ2n) is 6.57. The molecule has 0 saturated heterocycles. The first kappa shape index (κ1) is 19.4. The highest BCUT2D eigenvalue weighted by molar-refractivity contribution is 6.03. The number of aromatic nitrogens is 2. The summed E-state index contributed by atoms with van der Waals surface area (Å²) in [7, 11) is 0. The van der Waals surface area contributed by atoms with Gasteiger partial charge in [0.25, 0.3) is 5.91 Å². The molecule has 0 atom stereocenters. The zero-order chi connectivity index (χ0) is 20.1. The molecule has 0 aliphatic rings. The monoisotopic (exact) mass is 376 g/mol. The van der Waals surface area contributed by atoms with E-state index >= 15 is 0 Å². The number of carbonyl (C=O) groups excluding carboxylic acids is 1. The molecule has 2 aromatic carbocycles. The van der Waals surface area contributed by atoms with Crippen molar-refractivity contribution in [3.8, 4) is 5.75 Å². The van der Waals surface area contributed by atoms with Crippen LogP contribution in [0.15, 0.2) is 48.8 Å². The summed E-state index contributed by atoms with van der Waals surface area (Å²) in [6.07, 6.45) is 2.99. The number of hydrogen-bond acceptors (Lipinski definition) is 5. The third-order valence-electron chi connectivity index (χ3n) is 4.25. The normalized spacial score (nSPS) is 10.4. The van der Waals surface area contributed by atoms with E-state index in [0.717, 1.165) is 33.8 Å². The number of anilines is 3. The Morgan fingerprint density at radius 1 is 1.04 bits per heavy atom. The van der Waals surface area contributed by atoms with Gasteiger partial charge in [0.05, 0.1) is 24.7 Å². The predicted octanol–water partition coefficient (Wildman–Crippen LogP) is 4.80. The summed E-state index contributed by atoms with van der Waals surface area (Å²) in [5.41, 5.74) is 5.06. The number of ether oxygens (including phenoxy) is 1. The van der Waals surface area contributed by atoms with E-state index in [9.17, 15) is 4.79 Å². The number of para-hydroxylation sites is 2. The van der Waals surface area contributed by atoms with Crippen LogP contribution >= 0.6 is 0 Å². The molecule has 28 heavy (non-hydrogen) atoms. The summed E-state index contributed by atoms with van der Waals surface area (Å²) in [6.45, 7) is 8.49. The van der Waals surface area contributed by atoms with Gasteiger partial charge >= 0.3 is 0 Å². The maximum Gasteiger partial charge on any atom is 0.275 e. The zero-order valence-corrected chi connectivity index (χ0v) is 16.5. The van der Waals surface area contributed by atoms with Gasteiger partial charge in [0, 0.05) is 5.69 Å². The Morgan fingerprint density at radius 2 is 1.75 bits per heavy atom. The molecular formula is C22H24N4O2. The van der Waals surface area contributed by atoms with Crippen LogP contribution in [0.1, 0.15) is 34.1 Å². The lowest BCUT2D eigenvalue weighted by molar-refractivity contribution is 0.102. The number of rotatable bonds is 6. The molecule has 3 rings (SSSR count).